The predicted molar refractivity (Wildman–Crippen MR) is 55.0 cm³/mol. The molecule has 1 saturated heterocycles. The van der Waals surface area contributed by atoms with Crippen molar-refractivity contribution < 1.29 is 19.7 Å². The number of amides is 1. The molecule has 0 radical (unpaired) electrons. The molecule has 3 heterocycles. The van der Waals surface area contributed by atoms with Gasteiger partial charge in [0, 0.05) is 0 Å². The van der Waals surface area contributed by atoms with Crippen molar-refractivity contribution in [3.8, 4) is 0 Å². The Hall–Kier alpha value is -1.64. The maximum Gasteiger partial charge on any atom is 0.271 e. The normalized spacial score (nSPS) is 34.9. The average Bonchev–Trinajstić information content (AvgIpc) is 2.70. The molecule has 1 aromatic heterocycles. The molecule has 5 N–H and O–H groups in total. The Morgan fingerprint density at radius 1 is 1.59 bits per heavy atom. The van der Waals surface area contributed by atoms with Crippen LogP contribution in [0.25, 0.3) is 0 Å². The Labute approximate surface area is 96.0 Å². The van der Waals surface area contributed by atoms with Crippen molar-refractivity contribution in [3.05, 3.63) is 12.0 Å². The summed E-state index contributed by atoms with van der Waals surface area (Å²) in [5, 5.41) is 22.2. The summed E-state index contributed by atoms with van der Waals surface area (Å²) in [7, 11) is 0. The van der Waals surface area contributed by atoms with Gasteiger partial charge in [-0.2, -0.15) is 0 Å². The molecule has 0 aromatic carbocycles. The van der Waals surface area contributed by atoms with E-state index in [1.165, 1.54) is 6.33 Å². The molecular formula is C9H12N4O4. The van der Waals surface area contributed by atoms with Crippen LogP contribution in [-0.2, 0) is 11.3 Å². The van der Waals surface area contributed by atoms with Gasteiger partial charge in [0.05, 0.1) is 12.9 Å². The maximum absolute atomic E-state index is 11.2. The molecule has 2 aliphatic heterocycles. The third-order valence-corrected chi connectivity index (χ3v) is 3.09. The van der Waals surface area contributed by atoms with E-state index in [4.69, 9.17) is 10.5 Å². The second-order valence-corrected chi connectivity index (χ2v) is 4.18. The standard InChI is InChI=1S/C9H12N4O4/c10-7(16)4-8-12-9-6(15)5(14)3(17-9)1-13(8)2-11-4/h2-3,5-6,9,12,14-15H,1H2,(H2,10,16)/t3-,5?,6?,9-/m1/s1. The second-order valence-electron chi connectivity index (χ2n) is 4.18. The lowest BCUT2D eigenvalue weighted by Crippen LogP contribution is -2.39. The summed E-state index contributed by atoms with van der Waals surface area (Å²) in [6.45, 7) is 0.303. The van der Waals surface area contributed by atoms with Crippen molar-refractivity contribution in [2.45, 2.75) is 31.1 Å². The van der Waals surface area contributed by atoms with Crippen LogP contribution in [0.2, 0.25) is 0 Å². The van der Waals surface area contributed by atoms with Gasteiger partial charge in [-0.3, -0.25) is 4.79 Å². The molecule has 0 spiro atoms. The molecule has 3 rings (SSSR count). The first-order valence-corrected chi connectivity index (χ1v) is 5.21. The molecule has 4 atom stereocenters. The molecule has 8 heteroatoms. The summed E-state index contributed by atoms with van der Waals surface area (Å²) < 4.78 is 7.05. The minimum absolute atomic E-state index is 0.0999. The minimum atomic E-state index is -1.04. The number of fused-ring (bicyclic) bond motifs is 3. The van der Waals surface area contributed by atoms with Gasteiger partial charge in [-0.25, -0.2) is 4.98 Å². The van der Waals surface area contributed by atoms with Crippen LogP contribution in [0.4, 0.5) is 5.82 Å². The SMILES string of the molecule is NC(=O)c1ncn2c1N[C@@H]1O[C@H](C2)C(O)C1O. The smallest absolute Gasteiger partial charge is 0.271 e. The highest BCUT2D eigenvalue weighted by atomic mass is 16.6. The number of hydrogen-bond acceptors (Lipinski definition) is 6. The van der Waals surface area contributed by atoms with E-state index in [0.29, 0.717) is 12.4 Å². The van der Waals surface area contributed by atoms with Crippen LogP contribution in [0.3, 0.4) is 0 Å². The van der Waals surface area contributed by atoms with E-state index in [1.807, 2.05) is 0 Å². The summed E-state index contributed by atoms with van der Waals surface area (Å²) in [5.74, 6) is -0.241. The van der Waals surface area contributed by atoms with Gasteiger partial charge in [0.15, 0.2) is 11.9 Å². The molecule has 0 saturated carbocycles. The molecule has 17 heavy (non-hydrogen) atoms. The molecule has 92 valence electrons. The van der Waals surface area contributed by atoms with Crippen molar-refractivity contribution in [3.63, 3.8) is 0 Å². The van der Waals surface area contributed by atoms with Crippen LogP contribution in [-0.4, -0.2) is 50.2 Å². The number of aliphatic hydroxyl groups is 2. The lowest BCUT2D eigenvalue weighted by molar-refractivity contribution is 0.0127. The average molecular weight is 240 g/mol. The summed E-state index contributed by atoms with van der Waals surface area (Å²) in [4.78, 5) is 15.0. The molecular weight excluding hydrogens is 228 g/mol. The Bertz CT molecular complexity index is 474. The van der Waals surface area contributed by atoms with Gasteiger partial charge in [-0.15, -0.1) is 0 Å². The number of aliphatic hydroxyl groups excluding tert-OH is 2. The fourth-order valence-corrected chi connectivity index (χ4v) is 2.20. The summed E-state index contributed by atoms with van der Waals surface area (Å²) in [6.07, 6.45) is -1.83. The van der Waals surface area contributed by atoms with Gasteiger partial charge >= 0.3 is 0 Å². The van der Waals surface area contributed by atoms with E-state index in [0.717, 1.165) is 0 Å². The van der Waals surface area contributed by atoms with Crippen molar-refractivity contribution in [1.29, 1.82) is 0 Å². The number of carbonyl (C=O) groups is 1. The van der Waals surface area contributed by atoms with Crippen molar-refractivity contribution in [2.24, 2.45) is 5.73 Å². The topological polar surface area (TPSA) is 123 Å². The summed E-state index contributed by atoms with van der Waals surface area (Å²) in [5.41, 5.74) is 5.29. The molecule has 8 nitrogen and oxygen atoms in total. The fourth-order valence-electron chi connectivity index (χ4n) is 2.20. The van der Waals surface area contributed by atoms with E-state index in [2.05, 4.69) is 10.3 Å². The quantitative estimate of drug-likeness (QED) is 0.444. The number of carbonyl (C=O) groups excluding carboxylic acids is 1. The van der Waals surface area contributed by atoms with Crippen LogP contribution in [0.1, 0.15) is 10.5 Å². The minimum Gasteiger partial charge on any atom is -0.387 e. The number of rotatable bonds is 1. The first-order chi connectivity index (χ1) is 8.08. The van der Waals surface area contributed by atoms with Crippen LogP contribution in [0.15, 0.2) is 6.33 Å². The summed E-state index contributed by atoms with van der Waals surface area (Å²) in [6, 6.07) is 0. The highest BCUT2D eigenvalue weighted by Crippen LogP contribution is 2.30. The van der Waals surface area contributed by atoms with E-state index < -0.39 is 30.4 Å². The monoisotopic (exact) mass is 240 g/mol. The van der Waals surface area contributed by atoms with E-state index >= 15 is 0 Å². The zero-order chi connectivity index (χ0) is 12.2. The largest absolute Gasteiger partial charge is 0.387 e. The van der Waals surface area contributed by atoms with Crippen LogP contribution in [0.5, 0.6) is 0 Å². The van der Waals surface area contributed by atoms with Crippen LogP contribution < -0.4 is 11.1 Å². The van der Waals surface area contributed by atoms with Gasteiger partial charge in [0.2, 0.25) is 0 Å². The highest BCUT2D eigenvalue weighted by molar-refractivity contribution is 5.95. The number of hydrogen-bond donors (Lipinski definition) is 4. The van der Waals surface area contributed by atoms with Crippen LogP contribution >= 0.6 is 0 Å². The Morgan fingerprint density at radius 3 is 3.06 bits per heavy atom. The molecule has 2 unspecified atom stereocenters. The van der Waals surface area contributed by atoms with E-state index in [9.17, 15) is 15.0 Å². The number of imidazole rings is 1. The van der Waals surface area contributed by atoms with Gasteiger partial charge in [-0.05, 0) is 0 Å². The predicted octanol–water partition coefficient (Wildman–Crippen LogP) is -2.15. The van der Waals surface area contributed by atoms with Gasteiger partial charge in [0.1, 0.15) is 24.1 Å². The van der Waals surface area contributed by atoms with E-state index in [-0.39, 0.29) is 5.69 Å². The number of aromatic nitrogens is 2. The summed E-state index contributed by atoms with van der Waals surface area (Å²) >= 11 is 0. The Balaban J connectivity index is 2.01. The number of ether oxygens (including phenoxy) is 1. The van der Waals surface area contributed by atoms with Crippen molar-refractivity contribution in [2.75, 3.05) is 5.32 Å². The number of nitrogens with zero attached hydrogens (tertiary/aromatic N) is 2. The van der Waals surface area contributed by atoms with Crippen LogP contribution in [0, 0.1) is 0 Å². The second kappa shape index (κ2) is 3.42. The lowest BCUT2D eigenvalue weighted by Gasteiger charge is -2.20. The molecule has 1 amide bonds. The maximum atomic E-state index is 11.2. The molecule has 1 aromatic rings. The van der Waals surface area contributed by atoms with Gasteiger partial charge < -0.3 is 30.6 Å². The van der Waals surface area contributed by atoms with Gasteiger partial charge in [0.25, 0.3) is 5.91 Å². The van der Waals surface area contributed by atoms with Crippen molar-refractivity contribution >= 4 is 11.7 Å². The molecule has 0 aliphatic carbocycles. The zero-order valence-electron chi connectivity index (χ0n) is 8.78. The molecule has 2 bridgehead atoms. The first kappa shape index (κ1) is 10.5. The molecule has 1 fully saturated rings. The third kappa shape index (κ3) is 1.42. The molecule has 2 aliphatic rings. The number of primary amides is 1. The highest BCUT2D eigenvalue weighted by Gasteiger charge is 2.45. The number of nitrogens with two attached hydrogens (primary N) is 1. The lowest BCUT2D eigenvalue weighted by atomic mass is 10.1. The Morgan fingerprint density at radius 2 is 2.35 bits per heavy atom. The Kier molecular flexibility index (Phi) is 2.12. The first-order valence-electron chi connectivity index (χ1n) is 5.21. The third-order valence-electron chi connectivity index (χ3n) is 3.09. The zero-order valence-corrected chi connectivity index (χ0v) is 8.78. The number of nitrogens with one attached hydrogen (secondary N) is 1. The van der Waals surface area contributed by atoms with Gasteiger partial charge in [-0.1, -0.05) is 0 Å². The van der Waals surface area contributed by atoms with E-state index in [1.54, 1.807) is 4.57 Å². The fraction of sp³-hybridized carbons (Fsp3) is 0.556. The van der Waals surface area contributed by atoms with Crippen molar-refractivity contribution in [1.82, 2.24) is 9.55 Å². The number of anilines is 1.